The van der Waals surface area contributed by atoms with Gasteiger partial charge in [0.05, 0.1) is 6.61 Å². The second-order valence-corrected chi connectivity index (χ2v) is 5.22. The molecule has 1 heterocycles. The van der Waals surface area contributed by atoms with Crippen molar-refractivity contribution >= 4 is 0 Å². The molecule has 1 fully saturated rings. The Morgan fingerprint density at radius 1 is 1.31 bits per heavy atom. The van der Waals surface area contributed by atoms with Gasteiger partial charge in [-0.25, -0.2) is 0 Å². The van der Waals surface area contributed by atoms with E-state index >= 15 is 0 Å². The first kappa shape index (κ1) is 13.9. The molecule has 1 atom stereocenters. The summed E-state index contributed by atoms with van der Waals surface area (Å²) in [7, 11) is 0. The summed E-state index contributed by atoms with van der Waals surface area (Å²) in [6.07, 6.45) is 2.43. The summed E-state index contributed by atoms with van der Waals surface area (Å²) in [4.78, 5) is 2.54. The van der Waals surface area contributed by atoms with Crippen LogP contribution in [0.4, 0.5) is 0 Å². The molecule has 0 aromatic heterocycles. The van der Waals surface area contributed by atoms with Gasteiger partial charge in [-0.1, -0.05) is 13.8 Å². The van der Waals surface area contributed by atoms with Crippen LogP contribution in [0.5, 0.6) is 0 Å². The summed E-state index contributed by atoms with van der Waals surface area (Å²) in [5.41, 5.74) is 0. The van der Waals surface area contributed by atoms with Gasteiger partial charge in [0.1, 0.15) is 0 Å². The van der Waals surface area contributed by atoms with E-state index in [-0.39, 0.29) is 0 Å². The minimum Gasteiger partial charge on any atom is -0.380 e. The third-order valence-corrected chi connectivity index (χ3v) is 3.30. The van der Waals surface area contributed by atoms with E-state index < -0.39 is 0 Å². The summed E-state index contributed by atoms with van der Waals surface area (Å²) >= 11 is 0. The van der Waals surface area contributed by atoms with Gasteiger partial charge in [0.25, 0.3) is 0 Å². The first-order chi connectivity index (χ1) is 7.70. The van der Waals surface area contributed by atoms with Crippen molar-refractivity contribution in [1.82, 2.24) is 10.2 Å². The van der Waals surface area contributed by atoms with Crippen molar-refractivity contribution in [3.63, 3.8) is 0 Å². The minimum atomic E-state index is 0.698. The van der Waals surface area contributed by atoms with Crippen LogP contribution in [0.3, 0.4) is 0 Å². The molecular formula is C13H28N2O. The van der Waals surface area contributed by atoms with Gasteiger partial charge in [-0.05, 0) is 32.2 Å². The molecule has 0 radical (unpaired) electrons. The molecule has 0 aliphatic carbocycles. The Hall–Kier alpha value is -0.120. The second-order valence-electron chi connectivity index (χ2n) is 5.22. The lowest BCUT2D eigenvalue weighted by atomic mass is 10.1. The first-order valence-corrected chi connectivity index (χ1v) is 6.72. The van der Waals surface area contributed by atoms with Gasteiger partial charge in [-0.3, -0.25) is 4.90 Å². The Balaban J connectivity index is 2.06. The van der Waals surface area contributed by atoms with Gasteiger partial charge in [-0.15, -0.1) is 0 Å². The molecule has 1 saturated heterocycles. The molecule has 1 aliphatic heterocycles. The van der Waals surface area contributed by atoms with Crippen LogP contribution in [-0.4, -0.2) is 50.3 Å². The van der Waals surface area contributed by atoms with E-state index in [1.807, 2.05) is 0 Å². The Labute approximate surface area is 101 Å². The van der Waals surface area contributed by atoms with Crippen molar-refractivity contribution in [3.8, 4) is 0 Å². The molecule has 1 unspecified atom stereocenters. The van der Waals surface area contributed by atoms with Crippen LogP contribution in [-0.2, 0) is 4.74 Å². The molecule has 0 amide bonds. The van der Waals surface area contributed by atoms with E-state index in [0.717, 1.165) is 45.3 Å². The molecule has 0 bridgehead atoms. The van der Waals surface area contributed by atoms with Crippen LogP contribution in [0.25, 0.3) is 0 Å². The van der Waals surface area contributed by atoms with Crippen LogP contribution in [0.15, 0.2) is 0 Å². The summed E-state index contributed by atoms with van der Waals surface area (Å²) in [5.74, 6) is 0.751. The van der Waals surface area contributed by atoms with Crippen molar-refractivity contribution in [3.05, 3.63) is 0 Å². The highest BCUT2D eigenvalue weighted by molar-refractivity contribution is 4.73. The summed E-state index contributed by atoms with van der Waals surface area (Å²) < 4.78 is 5.67. The normalized spacial score (nSPS) is 23.6. The summed E-state index contributed by atoms with van der Waals surface area (Å²) in [6, 6.07) is 0.698. The molecule has 1 rings (SSSR count). The highest BCUT2D eigenvalue weighted by Gasteiger charge is 2.15. The van der Waals surface area contributed by atoms with Crippen molar-refractivity contribution in [2.24, 2.45) is 5.92 Å². The largest absolute Gasteiger partial charge is 0.380 e. The number of ether oxygens (including phenoxy) is 1. The van der Waals surface area contributed by atoms with Crippen molar-refractivity contribution in [2.75, 3.05) is 39.4 Å². The van der Waals surface area contributed by atoms with Gasteiger partial charge < -0.3 is 10.1 Å². The first-order valence-electron chi connectivity index (χ1n) is 6.72. The van der Waals surface area contributed by atoms with Gasteiger partial charge in [0.2, 0.25) is 0 Å². The maximum absolute atomic E-state index is 5.67. The number of hydrogen-bond donors (Lipinski definition) is 1. The van der Waals surface area contributed by atoms with E-state index in [9.17, 15) is 0 Å². The minimum absolute atomic E-state index is 0.698. The van der Waals surface area contributed by atoms with E-state index in [1.165, 1.54) is 12.8 Å². The molecule has 0 aromatic carbocycles. The van der Waals surface area contributed by atoms with E-state index in [4.69, 9.17) is 4.74 Å². The average Bonchev–Trinajstić information content (AvgIpc) is 2.43. The van der Waals surface area contributed by atoms with Crippen LogP contribution < -0.4 is 5.32 Å². The topological polar surface area (TPSA) is 24.5 Å². The fourth-order valence-corrected chi connectivity index (χ4v) is 2.00. The number of hydrogen-bond acceptors (Lipinski definition) is 3. The quantitative estimate of drug-likeness (QED) is 0.701. The van der Waals surface area contributed by atoms with Crippen molar-refractivity contribution < 1.29 is 4.74 Å². The smallest absolute Gasteiger partial charge is 0.0593 e. The molecular weight excluding hydrogens is 200 g/mol. The number of nitrogens with zero attached hydrogens (tertiary/aromatic N) is 1. The third-order valence-electron chi connectivity index (χ3n) is 3.30. The van der Waals surface area contributed by atoms with Gasteiger partial charge in [0, 0.05) is 32.3 Å². The lowest BCUT2D eigenvalue weighted by Crippen LogP contribution is -2.37. The summed E-state index contributed by atoms with van der Waals surface area (Å²) in [6.45, 7) is 13.1. The maximum Gasteiger partial charge on any atom is 0.0593 e. The number of rotatable bonds is 6. The predicted octanol–water partition coefficient (Wildman–Crippen LogP) is 1.73. The molecule has 1 aliphatic rings. The fraction of sp³-hybridized carbons (Fsp3) is 1.00. The Kier molecular flexibility index (Phi) is 7.01. The fourth-order valence-electron chi connectivity index (χ4n) is 2.00. The molecule has 0 spiro atoms. The molecule has 0 aromatic rings. The van der Waals surface area contributed by atoms with Crippen LogP contribution in [0, 0.1) is 5.92 Å². The van der Waals surface area contributed by atoms with E-state index in [0.29, 0.717) is 6.04 Å². The van der Waals surface area contributed by atoms with Gasteiger partial charge in [0.15, 0.2) is 0 Å². The van der Waals surface area contributed by atoms with Crippen molar-refractivity contribution in [2.45, 2.75) is 39.7 Å². The Morgan fingerprint density at radius 3 is 2.88 bits per heavy atom. The molecule has 3 nitrogen and oxygen atoms in total. The van der Waals surface area contributed by atoms with Crippen molar-refractivity contribution in [1.29, 1.82) is 0 Å². The monoisotopic (exact) mass is 228 g/mol. The predicted molar refractivity (Wildman–Crippen MR) is 68.8 cm³/mol. The molecule has 1 N–H and O–H groups in total. The molecule has 0 saturated carbocycles. The summed E-state index contributed by atoms with van der Waals surface area (Å²) in [5, 5.41) is 3.44. The molecule has 16 heavy (non-hydrogen) atoms. The SMILES string of the molecule is CC(C)CCOCCN1CCNCCC1C. The zero-order valence-electron chi connectivity index (χ0n) is 11.2. The maximum atomic E-state index is 5.67. The zero-order valence-corrected chi connectivity index (χ0v) is 11.2. The highest BCUT2D eigenvalue weighted by Crippen LogP contribution is 2.05. The third kappa shape index (κ3) is 5.83. The molecule has 96 valence electrons. The average molecular weight is 228 g/mol. The Bertz CT molecular complexity index is 173. The van der Waals surface area contributed by atoms with Crippen LogP contribution >= 0.6 is 0 Å². The lowest BCUT2D eigenvalue weighted by molar-refractivity contribution is 0.0859. The molecule has 3 heteroatoms. The highest BCUT2D eigenvalue weighted by atomic mass is 16.5. The van der Waals surface area contributed by atoms with E-state index in [1.54, 1.807) is 0 Å². The van der Waals surface area contributed by atoms with Crippen LogP contribution in [0.1, 0.15) is 33.6 Å². The van der Waals surface area contributed by atoms with Gasteiger partial charge >= 0.3 is 0 Å². The second kappa shape index (κ2) is 8.04. The Morgan fingerprint density at radius 2 is 2.12 bits per heavy atom. The zero-order chi connectivity index (χ0) is 11.8. The standard InChI is InChI=1S/C13H28N2O/c1-12(2)5-10-16-11-9-15-8-7-14-6-4-13(15)3/h12-14H,4-11H2,1-3H3. The van der Waals surface area contributed by atoms with Gasteiger partial charge in [-0.2, -0.15) is 0 Å². The van der Waals surface area contributed by atoms with Crippen LogP contribution in [0.2, 0.25) is 0 Å². The van der Waals surface area contributed by atoms with E-state index in [2.05, 4.69) is 31.0 Å². The lowest BCUT2D eigenvalue weighted by Gasteiger charge is -2.26. The number of nitrogens with one attached hydrogen (secondary N) is 1.